The van der Waals surface area contributed by atoms with Gasteiger partial charge >= 0.3 is 0 Å². The fraction of sp³-hybridized carbons (Fsp3) is 1.00. The SMILES string of the molecule is CCC[C@@H]1[C@H](CC)C[C@@H](CC)[C@@H]2CCCN12. The molecule has 1 heteroatoms. The van der Waals surface area contributed by atoms with Gasteiger partial charge in [-0.05, 0) is 44.1 Å². The fourth-order valence-corrected chi connectivity index (χ4v) is 4.28. The topological polar surface area (TPSA) is 3.24 Å². The molecule has 2 rings (SSSR count). The van der Waals surface area contributed by atoms with Crippen LogP contribution in [-0.4, -0.2) is 23.5 Å². The molecule has 0 spiro atoms. The van der Waals surface area contributed by atoms with Gasteiger partial charge < -0.3 is 0 Å². The number of fused-ring (bicyclic) bond motifs is 1. The number of rotatable bonds is 4. The highest BCUT2D eigenvalue weighted by atomic mass is 15.2. The van der Waals surface area contributed by atoms with E-state index >= 15 is 0 Å². The number of nitrogens with zero attached hydrogens (tertiary/aromatic N) is 1. The van der Waals surface area contributed by atoms with Crippen LogP contribution < -0.4 is 0 Å². The van der Waals surface area contributed by atoms with E-state index in [2.05, 4.69) is 25.7 Å². The van der Waals surface area contributed by atoms with Crippen LogP contribution >= 0.6 is 0 Å². The minimum absolute atomic E-state index is 0.922. The lowest BCUT2D eigenvalue weighted by Gasteiger charge is -2.47. The molecule has 0 bridgehead atoms. The smallest absolute Gasteiger partial charge is 0.0127 e. The summed E-state index contributed by atoms with van der Waals surface area (Å²) >= 11 is 0. The van der Waals surface area contributed by atoms with Crippen LogP contribution in [0.3, 0.4) is 0 Å². The van der Waals surface area contributed by atoms with Crippen molar-refractivity contribution in [1.82, 2.24) is 4.90 Å². The number of hydrogen-bond acceptors (Lipinski definition) is 1. The van der Waals surface area contributed by atoms with Crippen molar-refractivity contribution in [3.05, 3.63) is 0 Å². The summed E-state index contributed by atoms with van der Waals surface area (Å²) in [6, 6.07) is 1.87. The lowest BCUT2D eigenvalue weighted by atomic mass is 9.75. The fourth-order valence-electron chi connectivity index (χ4n) is 4.28. The highest BCUT2D eigenvalue weighted by Gasteiger charge is 2.42. The predicted molar refractivity (Wildman–Crippen MR) is 70.6 cm³/mol. The molecule has 2 saturated heterocycles. The van der Waals surface area contributed by atoms with Crippen LogP contribution in [0.5, 0.6) is 0 Å². The molecule has 4 atom stereocenters. The first-order valence-electron chi connectivity index (χ1n) is 7.57. The number of hydrogen-bond donors (Lipinski definition) is 0. The van der Waals surface area contributed by atoms with Crippen LogP contribution in [0.1, 0.15) is 65.7 Å². The van der Waals surface area contributed by atoms with Crippen molar-refractivity contribution in [2.24, 2.45) is 11.8 Å². The second-order valence-electron chi connectivity index (χ2n) is 5.88. The van der Waals surface area contributed by atoms with Gasteiger partial charge in [0, 0.05) is 12.1 Å². The second-order valence-corrected chi connectivity index (χ2v) is 5.88. The van der Waals surface area contributed by atoms with Crippen LogP contribution in [0.2, 0.25) is 0 Å². The summed E-state index contributed by atoms with van der Waals surface area (Å²) in [6.07, 6.45) is 10.0. The van der Waals surface area contributed by atoms with Gasteiger partial charge in [0.05, 0.1) is 0 Å². The van der Waals surface area contributed by atoms with Crippen molar-refractivity contribution in [3.8, 4) is 0 Å². The average molecular weight is 223 g/mol. The first-order chi connectivity index (χ1) is 7.81. The maximum Gasteiger partial charge on any atom is 0.0127 e. The highest BCUT2D eigenvalue weighted by molar-refractivity contribution is 4.96. The standard InChI is InChI=1S/C15H29N/c1-4-8-14-12(5-2)11-13(6-3)15-9-7-10-16(14)15/h12-15H,4-11H2,1-3H3/t12-,13-,14-,15+/m1/s1. The van der Waals surface area contributed by atoms with Crippen molar-refractivity contribution >= 4 is 0 Å². The number of piperidine rings is 1. The van der Waals surface area contributed by atoms with Gasteiger partial charge in [0.15, 0.2) is 0 Å². The summed E-state index contributed by atoms with van der Waals surface area (Å²) in [6.45, 7) is 8.54. The minimum atomic E-state index is 0.922. The summed E-state index contributed by atoms with van der Waals surface area (Å²) in [5.41, 5.74) is 0. The molecule has 0 aromatic heterocycles. The van der Waals surface area contributed by atoms with Crippen LogP contribution in [0.25, 0.3) is 0 Å². The Bertz CT molecular complexity index is 213. The molecule has 2 fully saturated rings. The van der Waals surface area contributed by atoms with E-state index in [0.29, 0.717) is 0 Å². The zero-order chi connectivity index (χ0) is 11.5. The Balaban J connectivity index is 2.11. The van der Waals surface area contributed by atoms with Crippen molar-refractivity contribution < 1.29 is 0 Å². The summed E-state index contributed by atoms with van der Waals surface area (Å²) in [7, 11) is 0. The first kappa shape index (κ1) is 12.4. The Morgan fingerprint density at radius 1 is 1.06 bits per heavy atom. The van der Waals surface area contributed by atoms with Gasteiger partial charge in [-0.15, -0.1) is 0 Å². The van der Waals surface area contributed by atoms with Gasteiger partial charge in [0.1, 0.15) is 0 Å². The average Bonchev–Trinajstić information content (AvgIpc) is 2.78. The molecular weight excluding hydrogens is 194 g/mol. The molecule has 2 heterocycles. The van der Waals surface area contributed by atoms with E-state index in [1.807, 2.05) is 0 Å². The molecule has 94 valence electrons. The largest absolute Gasteiger partial charge is 0.297 e. The third kappa shape index (κ3) is 2.16. The van der Waals surface area contributed by atoms with E-state index in [1.54, 1.807) is 0 Å². The quantitative estimate of drug-likeness (QED) is 0.694. The molecule has 1 nitrogen and oxygen atoms in total. The highest BCUT2D eigenvalue weighted by Crippen LogP contribution is 2.42. The summed E-state index contributed by atoms with van der Waals surface area (Å²) < 4.78 is 0. The van der Waals surface area contributed by atoms with Crippen molar-refractivity contribution in [2.75, 3.05) is 6.54 Å². The van der Waals surface area contributed by atoms with E-state index in [4.69, 9.17) is 0 Å². The van der Waals surface area contributed by atoms with Gasteiger partial charge in [0.25, 0.3) is 0 Å². The van der Waals surface area contributed by atoms with Crippen molar-refractivity contribution in [3.63, 3.8) is 0 Å². The van der Waals surface area contributed by atoms with Gasteiger partial charge in [-0.2, -0.15) is 0 Å². The third-order valence-electron chi connectivity index (χ3n) is 5.10. The molecule has 0 amide bonds. The van der Waals surface area contributed by atoms with E-state index < -0.39 is 0 Å². The maximum atomic E-state index is 2.90. The molecule has 2 aliphatic heterocycles. The first-order valence-corrected chi connectivity index (χ1v) is 7.57. The maximum absolute atomic E-state index is 2.90. The molecular formula is C15H29N. The molecule has 0 aliphatic carbocycles. The predicted octanol–water partition coefficient (Wildman–Crippen LogP) is 4.08. The lowest BCUT2D eigenvalue weighted by molar-refractivity contribution is 0.0188. The Hall–Kier alpha value is -0.0400. The van der Waals surface area contributed by atoms with Gasteiger partial charge in [-0.1, -0.05) is 40.0 Å². The summed E-state index contributed by atoms with van der Waals surface area (Å²) in [4.78, 5) is 2.90. The third-order valence-corrected chi connectivity index (χ3v) is 5.10. The Labute approximate surface area is 102 Å². The Kier molecular flexibility index (Phi) is 4.29. The Morgan fingerprint density at radius 3 is 2.44 bits per heavy atom. The van der Waals surface area contributed by atoms with Crippen molar-refractivity contribution in [2.45, 2.75) is 77.8 Å². The molecule has 0 aromatic rings. The van der Waals surface area contributed by atoms with Crippen LogP contribution in [0.15, 0.2) is 0 Å². The minimum Gasteiger partial charge on any atom is -0.297 e. The molecule has 16 heavy (non-hydrogen) atoms. The molecule has 0 aromatic carbocycles. The molecule has 0 radical (unpaired) electrons. The molecule has 0 unspecified atom stereocenters. The van der Waals surface area contributed by atoms with Gasteiger partial charge in [0.2, 0.25) is 0 Å². The monoisotopic (exact) mass is 223 g/mol. The van der Waals surface area contributed by atoms with Crippen LogP contribution in [-0.2, 0) is 0 Å². The van der Waals surface area contributed by atoms with E-state index in [0.717, 1.165) is 23.9 Å². The van der Waals surface area contributed by atoms with E-state index in [1.165, 1.54) is 51.5 Å². The zero-order valence-corrected chi connectivity index (χ0v) is 11.4. The molecule has 2 aliphatic rings. The van der Waals surface area contributed by atoms with Crippen molar-refractivity contribution in [1.29, 1.82) is 0 Å². The van der Waals surface area contributed by atoms with Crippen LogP contribution in [0, 0.1) is 11.8 Å². The molecule has 0 saturated carbocycles. The van der Waals surface area contributed by atoms with Gasteiger partial charge in [-0.3, -0.25) is 4.90 Å². The second kappa shape index (κ2) is 5.53. The normalized spacial score (nSPS) is 39.9. The Morgan fingerprint density at radius 2 is 1.81 bits per heavy atom. The van der Waals surface area contributed by atoms with E-state index in [9.17, 15) is 0 Å². The summed E-state index contributed by atoms with van der Waals surface area (Å²) in [5.74, 6) is 1.99. The lowest BCUT2D eigenvalue weighted by Crippen LogP contribution is -2.51. The molecule has 0 N–H and O–H groups in total. The van der Waals surface area contributed by atoms with Crippen LogP contribution in [0.4, 0.5) is 0 Å². The summed E-state index contributed by atoms with van der Waals surface area (Å²) in [5, 5.41) is 0. The van der Waals surface area contributed by atoms with E-state index in [-0.39, 0.29) is 0 Å². The van der Waals surface area contributed by atoms with Gasteiger partial charge in [-0.25, -0.2) is 0 Å². The zero-order valence-electron chi connectivity index (χ0n) is 11.4.